The van der Waals surface area contributed by atoms with E-state index in [1.54, 1.807) is 18.6 Å². The van der Waals surface area contributed by atoms with Crippen molar-refractivity contribution in [2.45, 2.75) is 13.3 Å². The molecule has 3 heterocycles. The summed E-state index contributed by atoms with van der Waals surface area (Å²) in [5.41, 5.74) is 8.23. The van der Waals surface area contributed by atoms with Crippen LogP contribution < -0.4 is 0 Å². The van der Waals surface area contributed by atoms with E-state index >= 15 is 0 Å². The van der Waals surface area contributed by atoms with Crippen molar-refractivity contribution >= 4 is 0 Å². The average molecular weight is 762 g/mol. The van der Waals surface area contributed by atoms with Crippen LogP contribution in [0.1, 0.15) is 16.5 Å². The Morgan fingerprint density at radius 3 is 1.47 bits per heavy atom. The molecule has 0 aliphatic heterocycles. The predicted molar refractivity (Wildman–Crippen MR) is 180 cm³/mol. The summed E-state index contributed by atoms with van der Waals surface area (Å²) in [7, 11) is 0. The van der Waals surface area contributed by atoms with E-state index in [4.69, 9.17) is 4.11 Å². The van der Waals surface area contributed by atoms with E-state index in [0.717, 1.165) is 50.5 Å². The number of hydrogen-bond donors (Lipinski definition) is 0. The van der Waals surface area contributed by atoms with Gasteiger partial charge >= 0.3 is 20.1 Å². The Balaban J connectivity index is 0.000000176. The molecule has 0 saturated carbocycles. The maximum Gasteiger partial charge on any atom is 3.00 e. The Kier molecular flexibility index (Phi) is 11.5. The van der Waals surface area contributed by atoms with Crippen LogP contribution in [0.25, 0.3) is 44.9 Å². The van der Waals surface area contributed by atoms with Crippen molar-refractivity contribution in [2.75, 3.05) is 0 Å². The molecule has 0 fully saturated rings. The normalized spacial score (nSPS) is 11.1. The molecule has 4 aromatic carbocycles. The van der Waals surface area contributed by atoms with E-state index in [0.29, 0.717) is 0 Å². The third-order valence-corrected chi connectivity index (χ3v) is 6.55. The number of aryl methyl sites for hydroxylation is 1. The molecule has 0 radical (unpaired) electrons. The van der Waals surface area contributed by atoms with Gasteiger partial charge in [-0.2, -0.15) is 0 Å². The van der Waals surface area contributed by atoms with Crippen LogP contribution in [0.2, 0.25) is 0 Å². The fourth-order valence-corrected chi connectivity index (χ4v) is 4.37. The van der Waals surface area contributed by atoms with Gasteiger partial charge in [0.15, 0.2) is 0 Å². The van der Waals surface area contributed by atoms with Gasteiger partial charge in [0.25, 0.3) is 0 Å². The molecule has 0 unspecified atom stereocenters. The quantitative estimate of drug-likeness (QED) is 0.164. The summed E-state index contributed by atoms with van der Waals surface area (Å²) in [6.07, 6.45) is 5.35. The van der Waals surface area contributed by atoms with Gasteiger partial charge in [0, 0.05) is 28.3 Å². The largest absolute Gasteiger partial charge is 3.00 e. The number of hydrogen-bond acceptors (Lipinski definition) is 3. The molecule has 0 aliphatic carbocycles. The molecule has 0 amide bonds. The topological polar surface area (TPSA) is 38.7 Å². The summed E-state index contributed by atoms with van der Waals surface area (Å²) < 4.78 is 22.8. The summed E-state index contributed by atoms with van der Waals surface area (Å²) in [5, 5.41) is 0. The summed E-state index contributed by atoms with van der Waals surface area (Å²) in [4.78, 5) is 12.9. The van der Waals surface area contributed by atoms with E-state index in [9.17, 15) is 0 Å². The standard InChI is InChI=1S/C19H16N.2C11H8N.Ir/c1-2-15-13-19(17-11-7-4-8-12-17)20-14-18(15)16-9-5-3-6-10-16;2*1-2-6-10(7-3-1)11-8-4-5-9-12-11;/h3-11,13-14H,2H2,1H3;2*1-6,8-9H;/q3*-1;+3/i1D3;;;. The minimum atomic E-state index is -2.03. The Morgan fingerprint density at radius 2 is 1.02 bits per heavy atom. The third kappa shape index (κ3) is 9.74. The van der Waals surface area contributed by atoms with Crippen LogP contribution in [0.15, 0.2) is 164 Å². The van der Waals surface area contributed by atoms with Gasteiger partial charge in [-0.1, -0.05) is 67.5 Å². The van der Waals surface area contributed by atoms with Gasteiger partial charge in [-0.25, -0.2) is 0 Å². The molecule has 4 heteroatoms. The summed E-state index contributed by atoms with van der Waals surface area (Å²) in [6, 6.07) is 55.9. The molecule has 45 heavy (non-hydrogen) atoms. The first-order valence-corrected chi connectivity index (χ1v) is 14.2. The second-order valence-electron chi connectivity index (χ2n) is 9.53. The molecule has 7 aromatic rings. The first-order chi connectivity index (χ1) is 23.0. The van der Waals surface area contributed by atoms with Gasteiger partial charge in [-0.05, 0) is 46.8 Å². The van der Waals surface area contributed by atoms with Crippen molar-refractivity contribution in [1.29, 1.82) is 0 Å². The maximum absolute atomic E-state index is 7.61. The van der Waals surface area contributed by atoms with Crippen molar-refractivity contribution in [2.24, 2.45) is 0 Å². The van der Waals surface area contributed by atoms with Gasteiger partial charge in [0.05, 0.1) is 0 Å². The van der Waals surface area contributed by atoms with Crippen LogP contribution in [0.3, 0.4) is 0 Å². The van der Waals surface area contributed by atoms with Crippen LogP contribution >= 0.6 is 0 Å². The smallest absolute Gasteiger partial charge is 0.305 e. The summed E-state index contributed by atoms with van der Waals surface area (Å²) in [6.45, 7) is -2.03. The SMILES string of the molecule is [2H]C([2H])([2H])Cc1cc(-c2[c-]cccc2)ncc1-c1ccccc1.[Ir+3].[c-]1ccccc1-c1ccccn1.[c-]1ccccc1-c1ccccn1. The van der Waals surface area contributed by atoms with Gasteiger partial charge in [-0.15, -0.1) is 108 Å². The molecular weight excluding hydrogens is 727 g/mol. The number of aromatic nitrogens is 3. The molecule has 0 saturated heterocycles. The molecule has 3 nitrogen and oxygen atoms in total. The molecule has 0 N–H and O–H groups in total. The first kappa shape index (κ1) is 28.7. The minimum absolute atomic E-state index is 0. The molecule has 7 rings (SSSR count). The Hall–Kier alpha value is -5.02. The third-order valence-electron chi connectivity index (χ3n) is 6.55. The van der Waals surface area contributed by atoms with Crippen molar-refractivity contribution < 1.29 is 24.2 Å². The molecule has 3 aromatic heterocycles. The van der Waals surface area contributed by atoms with Crippen molar-refractivity contribution in [1.82, 2.24) is 15.0 Å². The van der Waals surface area contributed by atoms with Gasteiger partial charge < -0.3 is 15.0 Å². The van der Waals surface area contributed by atoms with E-state index in [1.165, 1.54) is 0 Å². The first-order valence-electron chi connectivity index (χ1n) is 15.7. The zero-order valence-electron chi connectivity index (χ0n) is 27.5. The number of rotatable bonds is 5. The van der Waals surface area contributed by atoms with E-state index in [1.807, 2.05) is 146 Å². The fourth-order valence-electron chi connectivity index (χ4n) is 4.37. The van der Waals surface area contributed by atoms with Crippen molar-refractivity contribution in [3.05, 3.63) is 188 Å². The zero-order valence-corrected chi connectivity index (χ0v) is 26.9. The van der Waals surface area contributed by atoms with E-state index in [2.05, 4.69) is 33.2 Å². The fraction of sp³-hybridized carbons (Fsp3) is 0.0488. The molecule has 0 bridgehead atoms. The van der Waals surface area contributed by atoms with Gasteiger partial charge in [0.1, 0.15) is 0 Å². The van der Waals surface area contributed by atoms with Crippen molar-refractivity contribution in [3.63, 3.8) is 0 Å². The number of nitrogens with zero attached hydrogens (tertiary/aromatic N) is 3. The van der Waals surface area contributed by atoms with Crippen LogP contribution in [0, 0.1) is 18.2 Å². The van der Waals surface area contributed by atoms with Crippen LogP contribution in [0.5, 0.6) is 0 Å². The Morgan fingerprint density at radius 1 is 0.533 bits per heavy atom. The number of pyridine rings is 3. The van der Waals surface area contributed by atoms with Crippen LogP contribution in [-0.2, 0) is 26.5 Å². The van der Waals surface area contributed by atoms with Gasteiger partial charge in [0.2, 0.25) is 0 Å². The second-order valence-corrected chi connectivity index (χ2v) is 9.53. The monoisotopic (exact) mass is 762 g/mol. The molecule has 220 valence electrons. The summed E-state index contributed by atoms with van der Waals surface area (Å²) in [5.74, 6) is 0. The van der Waals surface area contributed by atoms with E-state index in [-0.39, 0.29) is 26.5 Å². The maximum atomic E-state index is 7.61. The van der Waals surface area contributed by atoms with Crippen LogP contribution in [0.4, 0.5) is 0 Å². The predicted octanol–water partition coefficient (Wildman–Crippen LogP) is 9.87. The molecule has 0 atom stereocenters. The molecule has 0 spiro atoms. The minimum Gasteiger partial charge on any atom is -0.305 e. The van der Waals surface area contributed by atoms with Crippen LogP contribution in [-0.4, -0.2) is 15.0 Å². The summed E-state index contributed by atoms with van der Waals surface area (Å²) >= 11 is 0. The average Bonchev–Trinajstić information content (AvgIpc) is 3.14. The van der Waals surface area contributed by atoms with Gasteiger partial charge in [-0.3, -0.25) is 0 Å². The van der Waals surface area contributed by atoms with Crippen molar-refractivity contribution in [3.8, 4) is 44.9 Å². The Labute approximate surface area is 284 Å². The molecule has 0 aliphatic rings. The molecular formula is C41H32IrN3. The number of benzene rings is 4. The second kappa shape index (κ2) is 17.9. The zero-order chi connectivity index (χ0) is 32.7. The Bertz CT molecular complexity index is 1760. The van der Waals surface area contributed by atoms with E-state index < -0.39 is 6.85 Å².